The number of hydrogen-bond acceptors (Lipinski definition) is 4. The second-order valence-electron chi connectivity index (χ2n) is 8.29. The fourth-order valence-corrected chi connectivity index (χ4v) is 4.88. The number of para-hydroxylation sites is 2. The summed E-state index contributed by atoms with van der Waals surface area (Å²) in [5, 5.41) is 3.04. The fourth-order valence-electron chi connectivity index (χ4n) is 4.88. The minimum Gasteiger partial charge on any atom is -0.467 e. The van der Waals surface area contributed by atoms with Gasteiger partial charge in [0.25, 0.3) is 0 Å². The number of piperidine rings is 1. The van der Waals surface area contributed by atoms with Crippen LogP contribution in [0.15, 0.2) is 47.1 Å². The molecule has 1 atom stereocenters. The first-order valence-corrected chi connectivity index (χ1v) is 10.8. The molecule has 1 unspecified atom stereocenters. The molecule has 1 saturated carbocycles. The number of benzene rings is 1. The molecule has 152 valence electrons. The van der Waals surface area contributed by atoms with E-state index in [1.165, 1.54) is 31.2 Å². The summed E-state index contributed by atoms with van der Waals surface area (Å²) in [4.78, 5) is 20.1. The van der Waals surface area contributed by atoms with Crippen molar-refractivity contribution >= 4 is 22.9 Å². The molecule has 0 spiro atoms. The van der Waals surface area contributed by atoms with Crippen molar-refractivity contribution in [3.8, 4) is 0 Å². The van der Waals surface area contributed by atoms with Gasteiger partial charge in [-0.2, -0.15) is 0 Å². The van der Waals surface area contributed by atoms with Gasteiger partial charge < -0.3 is 19.2 Å². The monoisotopic (exact) mass is 392 g/mol. The molecule has 1 aromatic carbocycles. The molecule has 2 fully saturated rings. The maximum Gasteiger partial charge on any atom is 0.225 e. The number of amides is 1. The highest BCUT2D eigenvalue weighted by Gasteiger charge is 2.31. The Kier molecular flexibility index (Phi) is 5.00. The van der Waals surface area contributed by atoms with E-state index in [9.17, 15) is 4.79 Å². The van der Waals surface area contributed by atoms with E-state index in [0.29, 0.717) is 12.6 Å². The average molecular weight is 393 g/mol. The van der Waals surface area contributed by atoms with E-state index in [-0.39, 0.29) is 11.8 Å². The van der Waals surface area contributed by atoms with Gasteiger partial charge in [0.2, 0.25) is 11.9 Å². The van der Waals surface area contributed by atoms with Crippen molar-refractivity contribution in [2.75, 3.05) is 18.0 Å². The number of hydrogen-bond donors (Lipinski definition) is 1. The van der Waals surface area contributed by atoms with Crippen molar-refractivity contribution in [1.29, 1.82) is 0 Å². The molecule has 1 saturated heterocycles. The minimum absolute atomic E-state index is 0.0180. The smallest absolute Gasteiger partial charge is 0.225 e. The fraction of sp³-hybridized carbons (Fsp3) is 0.478. The summed E-state index contributed by atoms with van der Waals surface area (Å²) >= 11 is 0. The van der Waals surface area contributed by atoms with Gasteiger partial charge in [0.1, 0.15) is 5.76 Å². The summed E-state index contributed by atoms with van der Waals surface area (Å²) in [6.07, 6.45) is 8.57. The van der Waals surface area contributed by atoms with Gasteiger partial charge in [-0.05, 0) is 49.9 Å². The maximum atomic E-state index is 12.8. The molecule has 2 aromatic heterocycles. The Hall–Kier alpha value is -2.76. The van der Waals surface area contributed by atoms with Crippen LogP contribution in [0.2, 0.25) is 0 Å². The zero-order valence-electron chi connectivity index (χ0n) is 16.7. The van der Waals surface area contributed by atoms with Crippen LogP contribution < -0.4 is 10.2 Å². The maximum absolute atomic E-state index is 12.8. The molecule has 0 radical (unpaired) electrons. The van der Waals surface area contributed by atoms with E-state index in [2.05, 4.69) is 39.0 Å². The lowest BCUT2D eigenvalue weighted by molar-refractivity contribution is -0.125. The number of fused-ring (bicyclic) bond motifs is 1. The van der Waals surface area contributed by atoms with E-state index in [0.717, 1.165) is 43.2 Å². The molecule has 0 bridgehead atoms. The van der Waals surface area contributed by atoms with Gasteiger partial charge in [-0.25, -0.2) is 4.98 Å². The number of nitrogens with zero attached hydrogens (tertiary/aromatic N) is 3. The number of aromatic nitrogens is 2. The first-order valence-electron chi connectivity index (χ1n) is 10.8. The molecule has 1 N–H and O–H groups in total. The van der Waals surface area contributed by atoms with Gasteiger partial charge >= 0.3 is 0 Å². The van der Waals surface area contributed by atoms with Crippen molar-refractivity contribution in [3.05, 3.63) is 48.4 Å². The molecule has 3 heterocycles. The third-order valence-corrected chi connectivity index (χ3v) is 6.36. The number of furan rings is 1. The summed E-state index contributed by atoms with van der Waals surface area (Å²) in [5.41, 5.74) is 2.28. The molecule has 5 rings (SSSR count). The highest BCUT2D eigenvalue weighted by atomic mass is 16.3. The lowest BCUT2D eigenvalue weighted by atomic mass is 9.97. The summed E-state index contributed by atoms with van der Waals surface area (Å²) in [7, 11) is 0. The molecule has 2 aliphatic rings. The Bertz CT molecular complexity index is 972. The number of imidazole rings is 1. The summed E-state index contributed by atoms with van der Waals surface area (Å²) < 4.78 is 7.78. The van der Waals surface area contributed by atoms with Gasteiger partial charge in [-0.15, -0.1) is 0 Å². The molecular formula is C23H28N4O2. The van der Waals surface area contributed by atoms with Crippen LogP contribution >= 0.6 is 0 Å². The van der Waals surface area contributed by atoms with Crippen LogP contribution in [0.1, 0.15) is 50.3 Å². The van der Waals surface area contributed by atoms with Crippen molar-refractivity contribution in [2.24, 2.45) is 5.92 Å². The minimum atomic E-state index is -0.0180. The SMILES string of the molecule is O=C(NCc1ccco1)C1CCCN(c2nc3ccccc3n2C2CCCC2)C1. The second-order valence-corrected chi connectivity index (χ2v) is 8.29. The van der Waals surface area contributed by atoms with Gasteiger partial charge in [0.15, 0.2) is 0 Å². The Morgan fingerprint density at radius 1 is 1.10 bits per heavy atom. The third-order valence-electron chi connectivity index (χ3n) is 6.36. The van der Waals surface area contributed by atoms with Crippen molar-refractivity contribution in [3.63, 3.8) is 0 Å². The van der Waals surface area contributed by atoms with Crippen LogP contribution in [0.4, 0.5) is 5.95 Å². The van der Waals surface area contributed by atoms with Gasteiger partial charge in [-0.1, -0.05) is 25.0 Å². The second kappa shape index (κ2) is 7.93. The lowest BCUT2D eigenvalue weighted by Gasteiger charge is -2.34. The van der Waals surface area contributed by atoms with Gasteiger partial charge in [0.05, 0.1) is 29.8 Å². The number of anilines is 1. The van der Waals surface area contributed by atoms with Crippen molar-refractivity contribution in [2.45, 2.75) is 51.1 Å². The van der Waals surface area contributed by atoms with Crippen LogP contribution in [-0.2, 0) is 11.3 Å². The molecule has 29 heavy (non-hydrogen) atoms. The number of carbonyl (C=O) groups is 1. The van der Waals surface area contributed by atoms with Gasteiger partial charge in [0, 0.05) is 19.1 Å². The van der Waals surface area contributed by atoms with Crippen LogP contribution in [-0.4, -0.2) is 28.5 Å². The van der Waals surface area contributed by atoms with Crippen molar-refractivity contribution in [1.82, 2.24) is 14.9 Å². The summed E-state index contributed by atoms with van der Waals surface area (Å²) in [6, 6.07) is 12.7. The van der Waals surface area contributed by atoms with E-state index in [1.807, 2.05) is 12.1 Å². The zero-order chi connectivity index (χ0) is 19.6. The summed E-state index contributed by atoms with van der Waals surface area (Å²) in [6.45, 7) is 2.13. The predicted octanol–water partition coefficient (Wildman–Crippen LogP) is 4.28. The molecule has 1 aliphatic heterocycles. The normalized spacial score (nSPS) is 20.4. The average Bonchev–Trinajstić information content (AvgIpc) is 3.52. The van der Waals surface area contributed by atoms with Crippen molar-refractivity contribution < 1.29 is 9.21 Å². The van der Waals surface area contributed by atoms with E-state index >= 15 is 0 Å². The Labute approximate surface area is 170 Å². The van der Waals surface area contributed by atoms with Crippen LogP contribution in [0.5, 0.6) is 0 Å². The van der Waals surface area contributed by atoms with Crippen LogP contribution in [0.25, 0.3) is 11.0 Å². The lowest BCUT2D eigenvalue weighted by Crippen LogP contribution is -2.44. The molecule has 6 nitrogen and oxygen atoms in total. The quantitative estimate of drug-likeness (QED) is 0.704. The number of rotatable bonds is 5. The first kappa shape index (κ1) is 18.3. The van der Waals surface area contributed by atoms with E-state index in [1.54, 1.807) is 6.26 Å². The Balaban J connectivity index is 1.37. The Morgan fingerprint density at radius 2 is 1.97 bits per heavy atom. The largest absolute Gasteiger partial charge is 0.467 e. The standard InChI is InChI=1S/C23H28N4O2/c28-22(24-15-19-10-6-14-29-19)17-7-5-13-26(16-17)23-25-20-11-3-4-12-21(20)27(23)18-8-1-2-9-18/h3-4,6,10-12,14,17-18H,1-2,5,7-9,13,15-16H2,(H,24,28). The molecule has 3 aromatic rings. The molecule has 1 amide bonds. The highest BCUT2D eigenvalue weighted by molar-refractivity contribution is 5.81. The zero-order valence-corrected chi connectivity index (χ0v) is 16.7. The molecule has 1 aliphatic carbocycles. The number of nitrogens with one attached hydrogen (secondary N) is 1. The van der Waals surface area contributed by atoms with E-state index in [4.69, 9.17) is 9.40 Å². The first-order chi connectivity index (χ1) is 14.3. The third kappa shape index (κ3) is 3.63. The van der Waals surface area contributed by atoms with Crippen LogP contribution in [0.3, 0.4) is 0 Å². The topological polar surface area (TPSA) is 63.3 Å². The molecular weight excluding hydrogens is 364 g/mol. The highest BCUT2D eigenvalue weighted by Crippen LogP contribution is 2.37. The summed E-state index contributed by atoms with van der Waals surface area (Å²) in [5.74, 6) is 1.92. The number of carbonyl (C=O) groups excluding carboxylic acids is 1. The van der Waals surface area contributed by atoms with Gasteiger partial charge in [-0.3, -0.25) is 4.79 Å². The Morgan fingerprint density at radius 3 is 2.79 bits per heavy atom. The van der Waals surface area contributed by atoms with Crippen LogP contribution in [0, 0.1) is 5.92 Å². The predicted molar refractivity (Wildman–Crippen MR) is 113 cm³/mol. The molecule has 6 heteroatoms. The van der Waals surface area contributed by atoms with E-state index < -0.39 is 0 Å².